The van der Waals surface area contributed by atoms with Crippen LogP contribution in [0.25, 0.3) is 0 Å². The fourth-order valence-electron chi connectivity index (χ4n) is 2.49. The zero-order valence-corrected chi connectivity index (χ0v) is 13.1. The number of carbonyl (C=O) groups excluding carboxylic acids is 1. The van der Waals surface area contributed by atoms with Crippen LogP contribution in [-0.2, 0) is 10.0 Å². The van der Waals surface area contributed by atoms with Crippen molar-refractivity contribution in [2.75, 3.05) is 26.2 Å². The van der Waals surface area contributed by atoms with Gasteiger partial charge >= 0.3 is 6.03 Å². The number of nitrogens with one attached hydrogen (secondary N) is 1. The van der Waals surface area contributed by atoms with Crippen molar-refractivity contribution in [3.05, 3.63) is 22.4 Å². The fraction of sp³-hybridized carbons (Fsp3) is 0.455. The number of piperazine rings is 1. The molecule has 0 aliphatic carbocycles. The Morgan fingerprint density at radius 1 is 1.33 bits per heavy atom. The first-order valence-corrected chi connectivity index (χ1v) is 8.45. The van der Waals surface area contributed by atoms with E-state index >= 15 is 0 Å². The number of carbonyl (C=O) groups is 1. The van der Waals surface area contributed by atoms with Crippen molar-refractivity contribution in [3.63, 3.8) is 0 Å². The minimum Gasteiger partial charge on any atom is -0.336 e. The molecule has 0 saturated carbocycles. The number of amides is 2. The Kier molecular flexibility index (Phi) is 3.73. The van der Waals surface area contributed by atoms with Crippen molar-refractivity contribution in [2.24, 2.45) is 0 Å². The van der Waals surface area contributed by atoms with E-state index in [0.717, 1.165) is 0 Å². The summed E-state index contributed by atoms with van der Waals surface area (Å²) in [6, 6.07) is 1.00. The second-order valence-corrected chi connectivity index (χ2v) is 7.54. The lowest BCUT2D eigenvalue weighted by atomic mass is 10.2. The Morgan fingerprint density at radius 2 is 2.10 bits per heavy atom. The maximum absolute atomic E-state index is 12.6. The molecule has 0 bridgehead atoms. The van der Waals surface area contributed by atoms with Gasteiger partial charge in [0.15, 0.2) is 0 Å². The van der Waals surface area contributed by atoms with Gasteiger partial charge in [-0.1, -0.05) is 23.2 Å². The predicted octanol–water partition coefficient (Wildman–Crippen LogP) is 0.786. The van der Waals surface area contributed by atoms with Crippen LogP contribution in [0.1, 0.15) is 0 Å². The van der Waals surface area contributed by atoms with Crippen LogP contribution in [0.5, 0.6) is 0 Å². The summed E-state index contributed by atoms with van der Waals surface area (Å²) in [5.41, 5.74) is 0. The van der Waals surface area contributed by atoms with Crippen molar-refractivity contribution < 1.29 is 13.2 Å². The number of sulfonamides is 1. The highest BCUT2D eigenvalue weighted by atomic mass is 35.5. The Labute approximate surface area is 131 Å². The molecule has 2 saturated heterocycles. The lowest BCUT2D eigenvalue weighted by Gasteiger charge is -2.35. The van der Waals surface area contributed by atoms with Crippen LogP contribution >= 0.6 is 23.2 Å². The van der Waals surface area contributed by atoms with Gasteiger partial charge in [0.05, 0.1) is 11.1 Å². The highest BCUT2D eigenvalue weighted by molar-refractivity contribution is 7.89. The first-order valence-electron chi connectivity index (χ1n) is 6.25. The molecular weight excluding hydrogens is 339 g/mol. The normalized spacial score (nSPS) is 23.0. The van der Waals surface area contributed by atoms with Crippen LogP contribution in [0, 0.1) is 0 Å². The maximum Gasteiger partial charge on any atom is 0.317 e. The van der Waals surface area contributed by atoms with Crippen LogP contribution < -0.4 is 5.32 Å². The zero-order chi connectivity index (χ0) is 15.2. The SMILES string of the molecule is O=C1NCC2CN(S(=O)(=O)c3cnc(Cl)c(Cl)c3)CCN12. The molecule has 1 aromatic rings. The second-order valence-electron chi connectivity index (χ2n) is 4.84. The summed E-state index contributed by atoms with van der Waals surface area (Å²) in [4.78, 5) is 16.9. The standard InChI is InChI=1S/C11H12Cl2N4O3S/c12-9-3-8(5-14-10(9)13)21(19,20)16-1-2-17-7(6-16)4-15-11(17)18/h3,5,7H,1-2,4,6H2,(H,15,18). The van der Waals surface area contributed by atoms with Crippen LogP contribution in [0.15, 0.2) is 17.2 Å². The molecule has 1 aromatic heterocycles. The van der Waals surface area contributed by atoms with Crippen LogP contribution in [0.2, 0.25) is 10.2 Å². The number of aromatic nitrogens is 1. The molecule has 10 heteroatoms. The average molecular weight is 351 g/mol. The minimum atomic E-state index is -3.70. The van der Waals surface area contributed by atoms with E-state index in [2.05, 4.69) is 10.3 Å². The summed E-state index contributed by atoms with van der Waals surface area (Å²) in [7, 11) is -3.70. The number of pyridine rings is 1. The van der Waals surface area contributed by atoms with E-state index in [-0.39, 0.29) is 40.2 Å². The summed E-state index contributed by atoms with van der Waals surface area (Å²) in [6.45, 7) is 1.31. The van der Waals surface area contributed by atoms with E-state index < -0.39 is 10.0 Å². The number of urea groups is 1. The van der Waals surface area contributed by atoms with Gasteiger partial charge in [0.1, 0.15) is 10.0 Å². The molecule has 3 rings (SSSR count). The molecule has 3 heterocycles. The molecule has 2 amide bonds. The summed E-state index contributed by atoms with van der Waals surface area (Å²) in [5, 5.41) is 2.86. The molecule has 0 spiro atoms. The molecule has 0 radical (unpaired) electrons. The van der Waals surface area contributed by atoms with Crippen LogP contribution in [0.4, 0.5) is 4.79 Å². The summed E-state index contributed by atoms with van der Waals surface area (Å²) >= 11 is 11.5. The van der Waals surface area contributed by atoms with Crippen LogP contribution in [-0.4, -0.2) is 60.9 Å². The second kappa shape index (κ2) is 5.28. The largest absolute Gasteiger partial charge is 0.336 e. The Bertz CT molecular complexity index is 697. The number of nitrogens with zero attached hydrogens (tertiary/aromatic N) is 3. The quantitative estimate of drug-likeness (QED) is 0.799. The van der Waals surface area contributed by atoms with Crippen LogP contribution in [0.3, 0.4) is 0 Å². The predicted molar refractivity (Wildman–Crippen MR) is 76.9 cm³/mol. The van der Waals surface area contributed by atoms with Gasteiger partial charge in [0.2, 0.25) is 10.0 Å². The van der Waals surface area contributed by atoms with E-state index in [9.17, 15) is 13.2 Å². The van der Waals surface area contributed by atoms with Gasteiger partial charge in [-0.3, -0.25) is 0 Å². The monoisotopic (exact) mass is 350 g/mol. The van der Waals surface area contributed by atoms with Crippen molar-refractivity contribution in [3.8, 4) is 0 Å². The molecule has 2 aliphatic heterocycles. The highest BCUT2D eigenvalue weighted by Gasteiger charge is 2.39. The van der Waals surface area contributed by atoms with Gasteiger partial charge in [-0.05, 0) is 6.07 Å². The third-order valence-electron chi connectivity index (χ3n) is 3.60. The first kappa shape index (κ1) is 14.8. The Morgan fingerprint density at radius 3 is 2.81 bits per heavy atom. The molecule has 1 atom stereocenters. The summed E-state index contributed by atoms with van der Waals surface area (Å²) in [6.07, 6.45) is 1.19. The van der Waals surface area contributed by atoms with Gasteiger partial charge in [0, 0.05) is 32.4 Å². The van der Waals surface area contributed by atoms with E-state index in [1.165, 1.54) is 16.6 Å². The van der Waals surface area contributed by atoms with Gasteiger partial charge in [-0.15, -0.1) is 0 Å². The number of hydrogen-bond donors (Lipinski definition) is 1. The van der Waals surface area contributed by atoms with Gasteiger partial charge in [0.25, 0.3) is 0 Å². The van der Waals surface area contributed by atoms with Crippen molar-refractivity contribution in [1.82, 2.24) is 19.5 Å². The lowest BCUT2D eigenvalue weighted by Crippen LogP contribution is -2.53. The molecule has 2 aliphatic rings. The van der Waals surface area contributed by atoms with E-state index in [0.29, 0.717) is 13.1 Å². The van der Waals surface area contributed by atoms with Crippen molar-refractivity contribution in [2.45, 2.75) is 10.9 Å². The molecule has 114 valence electrons. The smallest absolute Gasteiger partial charge is 0.317 e. The Hall–Kier alpha value is -1.09. The number of hydrogen-bond acceptors (Lipinski definition) is 4. The lowest BCUT2D eigenvalue weighted by molar-refractivity contribution is 0.164. The van der Waals surface area contributed by atoms with E-state index in [4.69, 9.17) is 23.2 Å². The molecule has 1 unspecified atom stereocenters. The van der Waals surface area contributed by atoms with E-state index in [1.54, 1.807) is 4.90 Å². The fourth-order valence-corrected chi connectivity index (χ4v) is 4.26. The number of fused-ring (bicyclic) bond motifs is 1. The van der Waals surface area contributed by atoms with Crippen molar-refractivity contribution >= 4 is 39.3 Å². The zero-order valence-electron chi connectivity index (χ0n) is 10.8. The minimum absolute atomic E-state index is 0.00244. The molecule has 7 nitrogen and oxygen atoms in total. The number of rotatable bonds is 2. The first-order chi connectivity index (χ1) is 9.89. The summed E-state index contributed by atoms with van der Waals surface area (Å²) in [5.74, 6) is 0. The molecule has 0 aromatic carbocycles. The van der Waals surface area contributed by atoms with Crippen molar-refractivity contribution in [1.29, 1.82) is 0 Å². The van der Waals surface area contributed by atoms with Gasteiger partial charge in [-0.2, -0.15) is 4.31 Å². The average Bonchev–Trinajstić information content (AvgIpc) is 2.83. The van der Waals surface area contributed by atoms with E-state index in [1.807, 2.05) is 0 Å². The molecule has 21 heavy (non-hydrogen) atoms. The number of halogens is 2. The Balaban J connectivity index is 1.85. The third-order valence-corrected chi connectivity index (χ3v) is 6.12. The molecule has 1 N–H and O–H groups in total. The molecule has 2 fully saturated rings. The topological polar surface area (TPSA) is 82.6 Å². The molecular formula is C11H12Cl2N4O3S. The highest BCUT2D eigenvalue weighted by Crippen LogP contribution is 2.26. The maximum atomic E-state index is 12.6. The third kappa shape index (κ3) is 2.57. The summed E-state index contributed by atoms with van der Waals surface area (Å²) < 4.78 is 26.5. The van der Waals surface area contributed by atoms with Gasteiger partial charge < -0.3 is 10.2 Å². The van der Waals surface area contributed by atoms with Gasteiger partial charge in [-0.25, -0.2) is 18.2 Å².